The Hall–Kier alpha value is -2.96. The summed E-state index contributed by atoms with van der Waals surface area (Å²) in [6, 6.07) is 11.2. The number of morpholine rings is 1. The maximum absolute atomic E-state index is 12.8. The zero-order valence-corrected chi connectivity index (χ0v) is 16.7. The lowest BCUT2D eigenvalue weighted by molar-refractivity contribution is -0.112. The monoisotopic (exact) mass is 412 g/mol. The topological polar surface area (TPSA) is 60.0 Å². The molecule has 0 unspecified atom stereocenters. The van der Waals surface area contributed by atoms with Gasteiger partial charge in [0.25, 0.3) is 5.91 Å². The third-order valence-corrected chi connectivity index (χ3v) is 4.99. The summed E-state index contributed by atoms with van der Waals surface area (Å²) in [5.41, 5.74) is 2.96. The van der Waals surface area contributed by atoms with Gasteiger partial charge in [-0.25, -0.2) is 0 Å². The SMILES string of the molecule is COc1cc(Cl)cc2c1OC=CC(C(=O)Nc1ccc(N3CCOCC3)cc1)=C2. The minimum Gasteiger partial charge on any atom is -0.493 e. The second-order valence-corrected chi connectivity index (χ2v) is 7.08. The van der Waals surface area contributed by atoms with Gasteiger partial charge in [-0.05, 0) is 42.5 Å². The number of nitrogens with one attached hydrogen (secondary N) is 1. The average molecular weight is 413 g/mol. The van der Waals surface area contributed by atoms with Crippen LogP contribution in [0.25, 0.3) is 6.08 Å². The van der Waals surface area contributed by atoms with E-state index in [4.69, 9.17) is 25.8 Å². The number of anilines is 2. The molecular weight excluding hydrogens is 392 g/mol. The van der Waals surface area contributed by atoms with Gasteiger partial charge in [-0.1, -0.05) is 11.6 Å². The molecule has 0 atom stereocenters. The molecule has 1 saturated heterocycles. The fourth-order valence-corrected chi connectivity index (χ4v) is 3.50. The number of benzene rings is 2. The summed E-state index contributed by atoms with van der Waals surface area (Å²) in [4.78, 5) is 15.0. The zero-order chi connectivity index (χ0) is 20.2. The van der Waals surface area contributed by atoms with E-state index >= 15 is 0 Å². The number of amides is 1. The normalized spacial score (nSPS) is 15.7. The van der Waals surface area contributed by atoms with Crippen LogP contribution in [-0.2, 0) is 9.53 Å². The van der Waals surface area contributed by atoms with Crippen LogP contribution in [-0.4, -0.2) is 39.3 Å². The molecule has 1 amide bonds. The number of fused-ring (bicyclic) bond motifs is 1. The number of carbonyl (C=O) groups is 1. The lowest BCUT2D eigenvalue weighted by Gasteiger charge is -2.28. The molecule has 150 valence electrons. The summed E-state index contributed by atoms with van der Waals surface area (Å²) in [6.07, 6.45) is 4.81. The van der Waals surface area contributed by atoms with Gasteiger partial charge < -0.3 is 24.4 Å². The Bertz CT molecular complexity index is 964. The number of hydrogen-bond acceptors (Lipinski definition) is 5. The second kappa shape index (κ2) is 8.59. The summed E-state index contributed by atoms with van der Waals surface area (Å²) in [5, 5.41) is 3.42. The lowest BCUT2D eigenvalue weighted by Crippen LogP contribution is -2.36. The highest BCUT2D eigenvalue weighted by Crippen LogP contribution is 2.37. The summed E-state index contributed by atoms with van der Waals surface area (Å²) in [7, 11) is 1.54. The molecular formula is C22H21ClN2O4. The van der Waals surface area contributed by atoms with Crippen molar-refractivity contribution in [2.45, 2.75) is 0 Å². The first-order valence-corrected chi connectivity index (χ1v) is 9.68. The Morgan fingerprint density at radius 3 is 2.66 bits per heavy atom. The van der Waals surface area contributed by atoms with Gasteiger partial charge in [0.1, 0.15) is 0 Å². The molecule has 2 aromatic rings. The van der Waals surface area contributed by atoms with Crippen LogP contribution in [0.3, 0.4) is 0 Å². The molecule has 0 aliphatic carbocycles. The second-order valence-electron chi connectivity index (χ2n) is 6.65. The van der Waals surface area contributed by atoms with Crippen LogP contribution in [0.5, 0.6) is 11.5 Å². The Labute approximate surface area is 174 Å². The van der Waals surface area contributed by atoms with Gasteiger partial charge in [0.2, 0.25) is 0 Å². The Morgan fingerprint density at radius 1 is 1.17 bits per heavy atom. The van der Waals surface area contributed by atoms with Crippen molar-refractivity contribution < 1.29 is 19.0 Å². The first kappa shape index (κ1) is 19.4. The zero-order valence-electron chi connectivity index (χ0n) is 16.0. The predicted octanol–water partition coefficient (Wildman–Crippen LogP) is 4.11. The fraction of sp³-hybridized carbons (Fsp3) is 0.227. The largest absolute Gasteiger partial charge is 0.493 e. The van der Waals surface area contributed by atoms with Crippen LogP contribution in [0, 0.1) is 0 Å². The van der Waals surface area contributed by atoms with Crippen molar-refractivity contribution in [3.8, 4) is 11.5 Å². The van der Waals surface area contributed by atoms with Gasteiger partial charge in [-0.2, -0.15) is 0 Å². The maximum Gasteiger partial charge on any atom is 0.255 e. The number of ether oxygens (including phenoxy) is 3. The van der Waals surface area contributed by atoms with E-state index in [1.54, 1.807) is 31.4 Å². The third-order valence-electron chi connectivity index (χ3n) is 4.78. The van der Waals surface area contributed by atoms with Crippen LogP contribution in [0.15, 0.2) is 54.3 Å². The highest BCUT2D eigenvalue weighted by atomic mass is 35.5. The van der Waals surface area contributed by atoms with E-state index in [1.807, 2.05) is 24.3 Å². The van der Waals surface area contributed by atoms with E-state index in [0.29, 0.717) is 27.7 Å². The minimum atomic E-state index is -0.240. The standard InChI is InChI=1S/C22H21ClN2O4/c1-27-20-14-17(23)13-16-12-15(6-9-29-21(16)20)22(26)24-18-2-4-19(5-3-18)25-7-10-28-11-8-25/h2-6,9,12-14H,7-8,10-11H2,1H3,(H,24,26). The molecule has 0 spiro atoms. The highest BCUT2D eigenvalue weighted by Gasteiger charge is 2.17. The van der Waals surface area contributed by atoms with E-state index in [2.05, 4.69) is 10.2 Å². The molecule has 0 saturated carbocycles. The van der Waals surface area contributed by atoms with Crippen molar-refractivity contribution in [3.05, 3.63) is 64.9 Å². The smallest absolute Gasteiger partial charge is 0.255 e. The van der Waals surface area contributed by atoms with Gasteiger partial charge in [-0.15, -0.1) is 0 Å². The van der Waals surface area contributed by atoms with E-state index in [1.165, 1.54) is 6.26 Å². The van der Waals surface area contributed by atoms with Gasteiger partial charge >= 0.3 is 0 Å². The predicted molar refractivity (Wildman–Crippen MR) is 114 cm³/mol. The Kier molecular flexibility index (Phi) is 5.74. The molecule has 0 aromatic heterocycles. The minimum absolute atomic E-state index is 0.240. The molecule has 6 nitrogen and oxygen atoms in total. The number of carbonyl (C=O) groups excluding carboxylic acids is 1. The van der Waals surface area contributed by atoms with Crippen LogP contribution in [0.4, 0.5) is 11.4 Å². The average Bonchev–Trinajstić information content (AvgIpc) is 2.97. The quantitative estimate of drug-likeness (QED) is 0.818. The van der Waals surface area contributed by atoms with Crippen molar-refractivity contribution in [2.24, 2.45) is 0 Å². The number of methoxy groups -OCH3 is 1. The van der Waals surface area contributed by atoms with Crippen LogP contribution < -0.4 is 19.7 Å². The maximum atomic E-state index is 12.8. The molecule has 1 fully saturated rings. The summed E-state index contributed by atoms with van der Waals surface area (Å²) in [6.45, 7) is 3.21. The van der Waals surface area contributed by atoms with Gasteiger partial charge in [0.15, 0.2) is 11.5 Å². The van der Waals surface area contributed by atoms with Crippen molar-refractivity contribution in [2.75, 3.05) is 43.6 Å². The Morgan fingerprint density at radius 2 is 1.93 bits per heavy atom. The number of halogens is 1. The molecule has 0 bridgehead atoms. The van der Waals surface area contributed by atoms with E-state index < -0.39 is 0 Å². The molecule has 7 heteroatoms. The molecule has 4 rings (SSSR count). The molecule has 2 aliphatic heterocycles. The van der Waals surface area contributed by atoms with Crippen molar-refractivity contribution in [1.29, 1.82) is 0 Å². The molecule has 2 aromatic carbocycles. The first-order valence-electron chi connectivity index (χ1n) is 9.30. The third kappa shape index (κ3) is 4.39. The molecule has 2 aliphatic rings. The van der Waals surface area contributed by atoms with Gasteiger partial charge in [0.05, 0.1) is 26.6 Å². The van der Waals surface area contributed by atoms with E-state index in [-0.39, 0.29) is 5.91 Å². The van der Waals surface area contributed by atoms with Crippen LogP contribution in [0.1, 0.15) is 5.56 Å². The number of rotatable bonds is 4. The lowest BCUT2D eigenvalue weighted by atomic mass is 10.1. The summed E-state index contributed by atoms with van der Waals surface area (Å²) >= 11 is 6.15. The molecule has 0 radical (unpaired) electrons. The van der Waals surface area contributed by atoms with Gasteiger partial charge in [0, 0.05) is 46.7 Å². The van der Waals surface area contributed by atoms with Crippen molar-refractivity contribution in [3.63, 3.8) is 0 Å². The summed E-state index contributed by atoms with van der Waals surface area (Å²) < 4.78 is 16.3. The number of nitrogens with zero attached hydrogens (tertiary/aromatic N) is 1. The fourth-order valence-electron chi connectivity index (χ4n) is 3.29. The van der Waals surface area contributed by atoms with Crippen molar-refractivity contribution in [1.82, 2.24) is 0 Å². The van der Waals surface area contributed by atoms with Crippen LogP contribution in [0.2, 0.25) is 5.02 Å². The van der Waals surface area contributed by atoms with Gasteiger partial charge in [-0.3, -0.25) is 4.79 Å². The first-order chi connectivity index (χ1) is 14.1. The molecule has 29 heavy (non-hydrogen) atoms. The Balaban J connectivity index is 1.51. The molecule has 1 N–H and O–H groups in total. The summed E-state index contributed by atoms with van der Waals surface area (Å²) in [5.74, 6) is 0.787. The van der Waals surface area contributed by atoms with Crippen LogP contribution >= 0.6 is 11.6 Å². The highest BCUT2D eigenvalue weighted by molar-refractivity contribution is 6.31. The van der Waals surface area contributed by atoms with Crippen molar-refractivity contribution >= 4 is 35.0 Å². The van der Waals surface area contributed by atoms with E-state index in [9.17, 15) is 4.79 Å². The number of hydrogen-bond donors (Lipinski definition) is 1. The molecule has 2 heterocycles. The van der Waals surface area contributed by atoms with E-state index in [0.717, 1.165) is 37.7 Å².